The summed E-state index contributed by atoms with van der Waals surface area (Å²) in [7, 11) is 0. The van der Waals surface area contributed by atoms with Crippen LogP contribution in [0.25, 0.3) is 0 Å². The number of phenolic OH excluding ortho intramolecular Hbond substituents is 1. The standard InChI is InChI=1S/C12H13NO2S.C7H6OS.2C4H10/c14-11-5-3-10(4-6-11)12(16)15-9-13-7-1-2-8-13;8-7(9)6-4-2-1-3-5-6;2*1-4(2)3/h1,3-7,14H,2,8-9H2;1-5H,(H,8,9);2*4H,1-3H3. The van der Waals surface area contributed by atoms with Gasteiger partial charge in [0.2, 0.25) is 0 Å². The highest BCUT2D eigenvalue weighted by Gasteiger charge is 2.07. The fourth-order valence-corrected chi connectivity index (χ4v) is 2.37. The molecule has 0 bridgehead atoms. The van der Waals surface area contributed by atoms with Crippen molar-refractivity contribution in [3.8, 4) is 5.75 Å². The molecule has 182 valence electrons. The summed E-state index contributed by atoms with van der Waals surface area (Å²) in [5, 5.41) is 18.3. The number of hydrogen-bond acceptors (Lipinski definition) is 5. The lowest BCUT2D eigenvalue weighted by molar-refractivity contribution is 0.176. The molecule has 0 aromatic heterocycles. The lowest BCUT2D eigenvalue weighted by Gasteiger charge is -2.16. The number of aliphatic hydroxyl groups is 1. The van der Waals surface area contributed by atoms with E-state index in [0.717, 1.165) is 30.4 Å². The van der Waals surface area contributed by atoms with Crippen molar-refractivity contribution in [3.05, 3.63) is 78.0 Å². The summed E-state index contributed by atoms with van der Waals surface area (Å²) in [4.78, 5) is 2.06. The average Bonchev–Trinajstić information content (AvgIpc) is 3.26. The second kappa shape index (κ2) is 18.0. The van der Waals surface area contributed by atoms with Gasteiger partial charge in [-0.25, -0.2) is 0 Å². The summed E-state index contributed by atoms with van der Waals surface area (Å²) >= 11 is 9.66. The van der Waals surface area contributed by atoms with Gasteiger partial charge in [-0.2, -0.15) is 0 Å². The molecule has 1 aliphatic heterocycles. The van der Waals surface area contributed by atoms with Gasteiger partial charge in [-0.1, -0.05) is 78.0 Å². The molecule has 2 aromatic carbocycles. The van der Waals surface area contributed by atoms with Crippen LogP contribution in [-0.2, 0) is 4.74 Å². The van der Waals surface area contributed by atoms with Crippen LogP contribution in [0, 0.1) is 11.8 Å². The Morgan fingerprint density at radius 3 is 1.79 bits per heavy atom. The molecule has 4 nitrogen and oxygen atoms in total. The van der Waals surface area contributed by atoms with Crippen molar-refractivity contribution in [3.63, 3.8) is 0 Å². The van der Waals surface area contributed by atoms with E-state index in [1.807, 2.05) is 24.4 Å². The number of thiocarbonyl (C=S) groups is 2. The third-order valence-electron chi connectivity index (χ3n) is 3.38. The van der Waals surface area contributed by atoms with Gasteiger partial charge >= 0.3 is 0 Å². The van der Waals surface area contributed by atoms with Crippen molar-refractivity contribution in [2.75, 3.05) is 13.3 Å². The van der Waals surface area contributed by atoms with Crippen molar-refractivity contribution in [2.45, 2.75) is 48.0 Å². The zero-order valence-corrected chi connectivity index (χ0v) is 22.3. The minimum atomic E-state index is -0.0457. The topological polar surface area (TPSA) is 52.9 Å². The van der Waals surface area contributed by atoms with E-state index in [-0.39, 0.29) is 10.8 Å². The molecule has 0 radical (unpaired) electrons. The minimum absolute atomic E-state index is 0.0457. The van der Waals surface area contributed by atoms with E-state index in [0.29, 0.717) is 17.3 Å². The van der Waals surface area contributed by atoms with Crippen LogP contribution in [0.3, 0.4) is 0 Å². The Morgan fingerprint density at radius 1 is 0.879 bits per heavy atom. The Bertz CT molecular complexity index is 808. The van der Waals surface area contributed by atoms with Crippen LogP contribution in [0.2, 0.25) is 0 Å². The van der Waals surface area contributed by atoms with Crippen LogP contribution in [-0.4, -0.2) is 38.5 Å². The molecule has 33 heavy (non-hydrogen) atoms. The molecule has 0 saturated heterocycles. The molecule has 2 N–H and O–H groups in total. The summed E-state index contributed by atoms with van der Waals surface area (Å²) in [5.74, 6) is 1.90. The lowest BCUT2D eigenvalue weighted by Crippen LogP contribution is -2.20. The largest absolute Gasteiger partial charge is 0.508 e. The molecule has 3 rings (SSSR count). The maximum absolute atomic E-state index is 9.14. The molecule has 0 unspecified atom stereocenters. The zero-order chi connectivity index (χ0) is 25.2. The van der Waals surface area contributed by atoms with Gasteiger partial charge in [0.05, 0.1) is 0 Å². The molecule has 0 aliphatic carbocycles. The molecule has 2 aromatic rings. The summed E-state index contributed by atoms with van der Waals surface area (Å²) in [6.45, 7) is 14.5. The van der Waals surface area contributed by atoms with Gasteiger partial charge in [0, 0.05) is 17.7 Å². The molecular formula is C27H39NO3S2. The van der Waals surface area contributed by atoms with Gasteiger partial charge in [-0.3, -0.25) is 0 Å². The third-order valence-corrected chi connectivity index (χ3v) is 3.97. The number of rotatable bonds is 4. The number of aromatic hydroxyl groups is 1. The van der Waals surface area contributed by atoms with Crippen LogP contribution in [0.1, 0.15) is 59.1 Å². The monoisotopic (exact) mass is 489 g/mol. The van der Waals surface area contributed by atoms with Crippen LogP contribution < -0.4 is 0 Å². The SMILES string of the molecule is CC(C)C.CC(C)C.OC(=S)c1ccccc1.Oc1ccc(C(=S)OCN2C=CCC2)cc1. The first-order valence-electron chi connectivity index (χ1n) is 11.2. The Morgan fingerprint density at radius 2 is 1.39 bits per heavy atom. The molecule has 6 heteroatoms. The summed E-state index contributed by atoms with van der Waals surface area (Å²) in [6.07, 6.45) is 5.18. The van der Waals surface area contributed by atoms with Crippen molar-refractivity contribution in [2.24, 2.45) is 11.8 Å². The fraction of sp³-hybridized carbons (Fsp3) is 0.407. The maximum atomic E-state index is 9.14. The summed E-state index contributed by atoms with van der Waals surface area (Å²) in [5.41, 5.74) is 1.52. The Balaban J connectivity index is 0.000000506. The van der Waals surface area contributed by atoms with E-state index >= 15 is 0 Å². The minimum Gasteiger partial charge on any atom is -0.508 e. The number of aliphatic hydroxyl groups excluding tert-OH is 1. The zero-order valence-electron chi connectivity index (χ0n) is 20.7. The van der Waals surface area contributed by atoms with E-state index in [4.69, 9.17) is 27.2 Å². The normalized spacial score (nSPS) is 11.5. The van der Waals surface area contributed by atoms with Gasteiger partial charge < -0.3 is 19.8 Å². The molecular weight excluding hydrogens is 450 g/mol. The van der Waals surface area contributed by atoms with E-state index in [2.05, 4.69) is 64.7 Å². The third kappa shape index (κ3) is 17.8. The Labute approximate surface area is 210 Å². The quantitative estimate of drug-likeness (QED) is 0.434. The summed E-state index contributed by atoms with van der Waals surface area (Å²) < 4.78 is 5.48. The molecule has 0 amide bonds. The molecule has 1 heterocycles. The fourth-order valence-electron chi connectivity index (χ4n) is 2.05. The second-order valence-electron chi connectivity index (χ2n) is 8.73. The van der Waals surface area contributed by atoms with Crippen LogP contribution >= 0.6 is 24.4 Å². The van der Waals surface area contributed by atoms with Crippen molar-refractivity contribution < 1.29 is 14.9 Å². The highest BCUT2D eigenvalue weighted by Crippen LogP contribution is 2.12. The molecule has 0 spiro atoms. The lowest BCUT2D eigenvalue weighted by atomic mass is 10.2. The van der Waals surface area contributed by atoms with Gasteiger partial charge in [-0.15, -0.1) is 0 Å². The van der Waals surface area contributed by atoms with Crippen LogP contribution in [0.4, 0.5) is 0 Å². The summed E-state index contributed by atoms with van der Waals surface area (Å²) in [6, 6.07) is 15.8. The first-order chi connectivity index (χ1) is 15.5. The first-order valence-corrected chi connectivity index (χ1v) is 12.0. The molecule has 0 saturated carbocycles. The van der Waals surface area contributed by atoms with E-state index in [1.165, 1.54) is 0 Å². The van der Waals surface area contributed by atoms with Crippen LogP contribution in [0.5, 0.6) is 5.75 Å². The highest BCUT2D eigenvalue weighted by molar-refractivity contribution is 7.80. The highest BCUT2D eigenvalue weighted by atomic mass is 32.1. The number of benzene rings is 2. The van der Waals surface area contributed by atoms with E-state index < -0.39 is 0 Å². The van der Waals surface area contributed by atoms with E-state index in [9.17, 15) is 0 Å². The van der Waals surface area contributed by atoms with Crippen LogP contribution in [0.15, 0.2) is 66.9 Å². The predicted molar refractivity (Wildman–Crippen MR) is 148 cm³/mol. The predicted octanol–water partition coefficient (Wildman–Crippen LogP) is 7.51. The number of nitrogens with zero attached hydrogens (tertiary/aromatic N) is 1. The number of hydrogen-bond donors (Lipinski definition) is 2. The second-order valence-corrected chi connectivity index (χ2v) is 9.49. The average molecular weight is 490 g/mol. The molecule has 0 fully saturated rings. The smallest absolute Gasteiger partial charge is 0.193 e. The van der Waals surface area contributed by atoms with Crippen molar-refractivity contribution in [1.82, 2.24) is 4.90 Å². The van der Waals surface area contributed by atoms with E-state index in [1.54, 1.807) is 36.4 Å². The maximum Gasteiger partial charge on any atom is 0.193 e. The van der Waals surface area contributed by atoms with Gasteiger partial charge in [-0.05, 0) is 73.2 Å². The first kappa shape index (κ1) is 30.6. The van der Waals surface area contributed by atoms with Gasteiger partial charge in [0.1, 0.15) is 5.75 Å². The molecule has 1 aliphatic rings. The number of ether oxygens (including phenoxy) is 1. The van der Waals surface area contributed by atoms with Gasteiger partial charge in [0.25, 0.3) is 0 Å². The number of phenols is 1. The Kier molecular flexibility index (Phi) is 16.7. The van der Waals surface area contributed by atoms with Crippen molar-refractivity contribution in [1.29, 1.82) is 0 Å². The van der Waals surface area contributed by atoms with Gasteiger partial charge in [0.15, 0.2) is 16.8 Å². The van der Waals surface area contributed by atoms with Crippen molar-refractivity contribution >= 4 is 34.5 Å². The molecule has 0 atom stereocenters. The Hall–Kier alpha value is -2.44.